The van der Waals surface area contributed by atoms with Crippen LogP contribution in [0.2, 0.25) is 0 Å². The summed E-state index contributed by atoms with van der Waals surface area (Å²) >= 11 is 7.78. The van der Waals surface area contributed by atoms with Gasteiger partial charge in [-0.3, -0.25) is 62.3 Å². The Kier molecular flexibility index (Phi) is 28.6. The fourth-order valence-corrected chi connectivity index (χ4v) is 7.44. The van der Waals surface area contributed by atoms with E-state index < -0.39 is 182 Å². The topological polar surface area (TPSA) is 492 Å². The van der Waals surface area contributed by atoms with E-state index in [2.05, 4.69) is 67.8 Å². The molecule has 416 valence electrons. The van der Waals surface area contributed by atoms with Crippen molar-refractivity contribution < 1.29 is 92.7 Å². The summed E-state index contributed by atoms with van der Waals surface area (Å²) in [7, 11) is 0. The minimum absolute atomic E-state index is 0.0885. The average Bonchev–Trinajstić information content (AvgIpc) is 3.81. The van der Waals surface area contributed by atoms with Crippen LogP contribution < -0.4 is 54.0 Å². The van der Waals surface area contributed by atoms with Crippen LogP contribution in [-0.4, -0.2) is 198 Å². The molecule has 0 radical (unpaired) electrons. The summed E-state index contributed by atoms with van der Waals surface area (Å²) in [4.78, 5) is 179. The number of nitrogens with zero attached hydrogens (tertiary/aromatic N) is 1. The first-order valence-electron chi connectivity index (χ1n) is 23.0. The number of thiol groups is 2. The molecule has 1 rings (SSSR count). The molecule has 10 amide bonds. The van der Waals surface area contributed by atoms with Gasteiger partial charge in [0.05, 0.1) is 25.1 Å². The second-order valence-electron chi connectivity index (χ2n) is 17.5. The molecule has 1 aliphatic heterocycles. The minimum atomic E-state index is -1.90. The number of aliphatic hydroxyl groups is 1. The van der Waals surface area contributed by atoms with Crippen LogP contribution in [0.15, 0.2) is 0 Å². The van der Waals surface area contributed by atoms with Gasteiger partial charge in [-0.2, -0.15) is 25.3 Å². The normalized spacial score (nSPS) is 16.7. The minimum Gasteiger partial charge on any atom is -0.481 e. The maximum atomic E-state index is 14.1. The first-order chi connectivity index (χ1) is 34.5. The van der Waals surface area contributed by atoms with E-state index in [0.717, 1.165) is 11.8 Å². The predicted octanol–water partition coefficient (Wildman–Crippen LogP) is -6.34. The number of carbonyl (C=O) groups is 14. The number of carboxylic acids is 4. The quantitative estimate of drug-likeness (QED) is 0.0267. The van der Waals surface area contributed by atoms with Gasteiger partial charge < -0.3 is 84.4 Å². The van der Waals surface area contributed by atoms with Crippen molar-refractivity contribution in [2.75, 3.05) is 24.6 Å². The largest absolute Gasteiger partial charge is 0.481 e. The van der Waals surface area contributed by atoms with Crippen molar-refractivity contribution in [1.82, 2.24) is 47.4 Å². The smallest absolute Gasteiger partial charge is 0.327 e. The zero-order chi connectivity index (χ0) is 56.6. The maximum Gasteiger partial charge on any atom is 0.327 e. The van der Waals surface area contributed by atoms with E-state index in [4.69, 9.17) is 16.6 Å². The molecule has 0 unspecified atom stereocenters. The van der Waals surface area contributed by atoms with Crippen molar-refractivity contribution in [3.05, 3.63) is 0 Å². The predicted molar refractivity (Wildman–Crippen MR) is 260 cm³/mol. The molecule has 0 aromatic carbocycles. The van der Waals surface area contributed by atoms with Gasteiger partial charge in [0.1, 0.15) is 48.3 Å². The van der Waals surface area contributed by atoms with Crippen molar-refractivity contribution in [3.8, 4) is 0 Å². The van der Waals surface area contributed by atoms with Crippen molar-refractivity contribution in [3.63, 3.8) is 0 Å². The lowest BCUT2D eigenvalue weighted by Gasteiger charge is -2.31. The summed E-state index contributed by atoms with van der Waals surface area (Å²) in [6.07, 6.45) is -6.03. The Morgan fingerprint density at radius 2 is 1.08 bits per heavy atom. The standard InChI is InChI=1S/C42H67N11O19S2/c1-18(2)13-24(49-36(65)22(6-9-28(44)55)47-34(63)20(43)16-73)38(67)50-25(14-32(61)62)41(70)53-12-4-5-27(53)39(68)48-23(8-11-31(59)60)37(66)52-33(19(3)54)40(69)45-15-29(56)46-21(7-10-30(57)58)35(64)51-26(17-74)42(71)72/h18-27,33,54,73-74H,4-17,43H2,1-3H3,(H2,44,55)(H,45,69)(H,46,56)(H,47,63)(H,48,68)(H,49,65)(H,50,67)(H,51,64)(H,52,66)(H,57,58)(H,59,60)(H,61,62)(H,71,72)/t19-,20+,21+,22+,23+,24+,25+,26+,27+,33+/m1/s1. The van der Waals surface area contributed by atoms with Crippen LogP contribution in [0.1, 0.15) is 85.0 Å². The molecule has 17 N–H and O–H groups in total. The van der Waals surface area contributed by atoms with Crippen LogP contribution in [0, 0.1) is 5.92 Å². The van der Waals surface area contributed by atoms with E-state index in [0.29, 0.717) is 0 Å². The maximum absolute atomic E-state index is 14.1. The fourth-order valence-electron chi connectivity index (χ4n) is 7.02. The van der Waals surface area contributed by atoms with Crippen LogP contribution in [0.25, 0.3) is 0 Å². The van der Waals surface area contributed by atoms with E-state index >= 15 is 0 Å². The van der Waals surface area contributed by atoms with E-state index in [1.807, 2.05) is 0 Å². The molecule has 10 atom stereocenters. The molecule has 0 aliphatic carbocycles. The van der Waals surface area contributed by atoms with E-state index in [1.165, 1.54) is 0 Å². The number of likely N-dealkylation sites (tertiary alicyclic amines) is 1. The molecule has 0 saturated carbocycles. The SMILES string of the molecule is CC(C)C[C@H](NC(=O)[C@H](CCC(N)=O)NC(=O)[C@@H](N)CS)C(=O)N[C@@H](CC(=O)O)C(=O)N1CCC[C@H]1C(=O)N[C@@H](CCC(=O)O)C(=O)N[C@H](C(=O)NCC(=O)N[C@@H](CCC(=O)O)C(=O)N[C@@H](CS)C(=O)O)[C@@H](C)O. The molecule has 32 heteroatoms. The third kappa shape index (κ3) is 23.4. The number of nitrogens with one attached hydrogen (secondary N) is 8. The number of carbonyl (C=O) groups excluding carboxylic acids is 10. The monoisotopic (exact) mass is 1090 g/mol. The van der Waals surface area contributed by atoms with Crippen LogP contribution in [0.4, 0.5) is 0 Å². The number of carboxylic acid groups (broad SMARTS) is 4. The molecule has 1 heterocycles. The van der Waals surface area contributed by atoms with Gasteiger partial charge in [0.25, 0.3) is 0 Å². The summed E-state index contributed by atoms with van der Waals surface area (Å²) in [6.45, 7) is 3.26. The number of aliphatic hydroxyl groups excluding tert-OH is 1. The number of rotatable bonds is 34. The molecule has 1 fully saturated rings. The van der Waals surface area contributed by atoms with Gasteiger partial charge in [0, 0.05) is 37.3 Å². The Bertz CT molecular complexity index is 2080. The van der Waals surface area contributed by atoms with Crippen molar-refractivity contribution in [1.29, 1.82) is 0 Å². The van der Waals surface area contributed by atoms with Crippen LogP contribution in [0.5, 0.6) is 0 Å². The zero-order valence-corrected chi connectivity index (χ0v) is 42.5. The number of hydrogen-bond donors (Lipinski definition) is 17. The summed E-state index contributed by atoms with van der Waals surface area (Å²) in [5.74, 6) is -17.1. The van der Waals surface area contributed by atoms with Crippen LogP contribution >= 0.6 is 25.3 Å². The van der Waals surface area contributed by atoms with Gasteiger partial charge in [-0.15, -0.1) is 0 Å². The Morgan fingerprint density at radius 3 is 1.57 bits per heavy atom. The summed E-state index contributed by atoms with van der Waals surface area (Å²) in [5.41, 5.74) is 11.0. The molecule has 30 nitrogen and oxygen atoms in total. The number of nitrogens with two attached hydrogens (primary N) is 2. The molecule has 0 aromatic rings. The van der Waals surface area contributed by atoms with E-state index in [9.17, 15) is 87.5 Å². The highest BCUT2D eigenvalue weighted by molar-refractivity contribution is 7.80. The molecule has 1 aliphatic rings. The van der Waals surface area contributed by atoms with Gasteiger partial charge in [0.15, 0.2) is 0 Å². The second-order valence-corrected chi connectivity index (χ2v) is 18.2. The first kappa shape index (κ1) is 65.2. The van der Waals surface area contributed by atoms with Crippen molar-refractivity contribution >= 4 is 108 Å². The Balaban J connectivity index is 3.32. The summed E-state index contributed by atoms with van der Waals surface area (Å²) in [5, 5.41) is 65.9. The molecule has 0 spiro atoms. The Hall–Kier alpha value is -6.80. The van der Waals surface area contributed by atoms with Gasteiger partial charge >= 0.3 is 23.9 Å². The van der Waals surface area contributed by atoms with Gasteiger partial charge in [-0.25, -0.2) is 4.79 Å². The lowest BCUT2D eigenvalue weighted by Crippen LogP contribution is -2.61. The Morgan fingerprint density at radius 1 is 0.595 bits per heavy atom. The lowest BCUT2D eigenvalue weighted by atomic mass is 10.0. The zero-order valence-electron chi connectivity index (χ0n) is 40.7. The highest BCUT2D eigenvalue weighted by atomic mass is 32.1. The average molecular weight is 1090 g/mol. The van der Waals surface area contributed by atoms with E-state index in [-0.39, 0.29) is 56.1 Å². The lowest BCUT2D eigenvalue weighted by molar-refractivity contribution is -0.146. The second kappa shape index (κ2) is 32.4. The van der Waals surface area contributed by atoms with Crippen molar-refractivity contribution in [2.45, 2.75) is 145 Å². The highest BCUT2D eigenvalue weighted by Crippen LogP contribution is 2.21. The number of hydrogen-bond acceptors (Lipinski definition) is 18. The summed E-state index contributed by atoms with van der Waals surface area (Å²) in [6, 6.07) is -14.2. The van der Waals surface area contributed by atoms with Crippen LogP contribution in [-0.2, 0) is 67.1 Å². The van der Waals surface area contributed by atoms with Gasteiger partial charge in [-0.05, 0) is 51.4 Å². The molecular weight excluding hydrogens is 1030 g/mol. The van der Waals surface area contributed by atoms with E-state index in [1.54, 1.807) is 13.8 Å². The fraction of sp³-hybridized carbons (Fsp3) is 0.667. The molecule has 0 aromatic heterocycles. The van der Waals surface area contributed by atoms with Gasteiger partial charge in [-0.1, -0.05) is 13.8 Å². The van der Waals surface area contributed by atoms with Crippen molar-refractivity contribution in [2.24, 2.45) is 17.4 Å². The summed E-state index contributed by atoms with van der Waals surface area (Å²) < 4.78 is 0. The number of aliphatic carboxylic acids is 4. The Labute approximate surface area is 434 Å². The van der Waals surface area contributed by atoms with Gasteiger partial charge in [0.2, 0.25) is 59.1 Å². The first-order valence-corrected chi connectivity index (χ1v) is 24.3. The third-order valence-corrected chi connectivity index (χ3v) is 11.6. The molecule has 1 saturated heterocycles. The molecule has 74 heavy (non-hydrogen) atoms. The highest BCUT2D eigenvalue weighted by Gasteiger charge is 2.41. The molecular formula is C42H67N11O19S2. The van der Waals surface area contributed by atoms with Crippen LogP contribution in [0.3, 0.4) is 0 Å². The molecule has 0 bridgehead atoms. The number of amides is 10. The number of primary amides is 1. The third-order valence-electron chi connectivity index (χ3n) is 10.9.